The van der Waals surface area contributed by atoms with Crippen LogP contribution < -0.4 is 5.32 Å². The summed E-state index contributed by atoms with van der Waals surface area (Å²) in [5.41, 5.74) is 1.04. The topological polar surface area (TPSA) is 42.2 Å². The fraction of sp³-hybridized carbons (Fsp3) is 0.188. The van der Waals surface area contributed by atoms with Crippen molar-refractivity contribution in [3.8, 4) is 0 Å². The molecule has 0 saturated carbocycles. The lowest BCUT2D eigenvalue weighted by Crippen LogP contribution is -2.26. The van der Waals surface area contributed by atoms with E-state index in [1.54, 1.807) is 24.5 Å². The van der Waals surface area contributed by atoms with E-state index in [1.165, 1.54) is 6.08 Å². The number of halogens is 1. The average Bonchev–Trinajstić information content (AvgIpc) is 2.97. The van der Waals surface area contributed by atoms with E-state index >= 15 is 0 Å². The summed E-state index contributed by atoms with van der Waals surface area (Å²) in [4.78, 5) is 11.9. The molecule has 1 aromatic carbocycles. The fourth-order valence-electron chi connectivity index (χ4n) is 1.88. The second-order valence-electron chi connectivity index (χ2n) is 4.37. The summed E-state index contributed by atoms with van der Waals surface area (Å²) < 4.78 is 5.13. The number of amides is 1. The van der Waals surface area contributed by atoms with Gasteiger partial charge in [0.05, 0.1) is 12.3 Å². The number of hydrogen-bond acceptors (Lipinski definition) is 2. The van der Waals surface area contributed by atoms with Crippen molar-refractivity contribution in [2.24, 2.45) is 0 Å². The average molecular weight is 290 g/mol. The van der Waals surface area contributed by atoms with E-state index < -0.39 is 0 Å². The summed E-state index contributed by atoms with van der Waals surface area (Å²) in [5, 5.41) is 3.64. The molecule has 0 saturated heterocycles. The van der Waals surface area contributed by atoms with Gasteiger partial charge in [-0.3, -0.25) is 4.79 Å². The molecular formula is C16H16ClNO2. The Morgan fingerprint density at radius 2 is 2.10 bits per heavy atom. The molecule has 104 valence electrons. The van der Waals surface area contributed by atoms with Gasteiger partial charge < -0.3 is 9.73 Å². The number of furan rings is 1. The van der Waals surface area contributed by atoms with Crippen LogP contribution in [0.2, 0.25) is 5.02 Å². The van der Waals surface area contributed by atoms with Crippen molar-refractivity contribution in [3.63, 3.8) is 0 Å². The predicted octanol–water partition coefficient (Wildman–Crippen LogP) is 4.21. The third kappa shape index (κ3) is 4.00. The highest BCUT2D eigenvalue weighted by atomic mass is 35.5. The summed E-state index contributed by atoms with van der Waals surface area (Å²) in [6, 6.07) is 11.0. The Morgan fingerprint density at radius 3 is 2.70 bits per heavy atom. The highest BCUT2D eigenvalue weighted by Gasteiger charge is 2.10. The van der Waals surface area contributed by atoms with Gasteiger partial charge in [0.15, 0.2) is 0 Å². The van der Waals surface area contributed by atoms with E-state index in [0.717, 1.165) is 12.0 Å². The number of carbonyl (C=O) groups is 1. The van der Waals surface area contributed by atoms with Crippen LogP contribution in [-0.4, -0.2) is 5.91 Å². The highest BCUT2D eigenvalue weighted by molar-refractivity contribution is 6.30. The first-order valence-corrected chi connectivity index (χ1v) is 6.84. The van der Waals surface area contributed by atoms with Gasteiger partial charge in [0.25, 0.3) is 0 Å². The van der Waals surface area contributed by atoms with E-state index in [9.17, 15) is 4.79 Å². The first-order chi connectivity index (χ1) is 9.69. The van der Waals surface area contributed by atoms with Gasteiger partial charge in [0.1, 0.15) is 5.76 Å². The second-order valence-corrected chi connectivity index (χ2v) is 4.81. The summed E-state index contributed by atoms with van der Waals surface area (Å²) in [6.45, 7) is 2.02. The number of carbonyl (C=O) groups excluding carboxylic acids is 1. The van der Waals surface area contributed by atoms with E-state index in [-0.39, 0.29) is 11.9 Å². The van der Waals surface area contributed by atoms with Crippen LogP contribution in [0.4, 0.5) is 0 Å². The zero-order valence-electron chi connectivity index (χ0n) is 11.2. The van der Waals surface area contributed by atoms with Gasteiger partial charge in [0.2, 0.25) is 5.91 Å². The molecular weight excluding hydrogens is 274 g/mol. The minimum atomic E-state index is -0.150. The van der Waals surface area contributed by atoms with Crippen molar-refractivity contribution < 1.29 is 9.21 Å². The van der Waals surface area contributed by atoms with Gasteiger partial charge in [-0.05, 0) is 42.3 Å². The number of rotatable bonds is 5. The molecule has 1 heterocycles. The maximum Gasteiger partial charge on any atom is 0.244 e. The molecule has 4 heteroatoms. The highest BCUT2D eigenvalue weighted by Crippen LogP contribution is 2.19. The molecule has 1 atom stereocenters. The monoisotopic (exact) mass is 289 g/mol. The van der Waals surface area contributed by atoms with Gasteiger partial charge in [0, 0.05) is 11.1 Å². The molecule has 0 radical (unpaired) electrons. The molecule has 0 spiro atoms. The summed E-state index contributed by atoms with van der Waals surface area (Å²) in [7, 11) is 0. The van der Waals surface area contributed by atoms with Crippen LogP contribution in [0.1, 0.15) is 30.7 Å². The van der Waals surface area contributed by atoms with Crippen molar-refractivity contribution in [2.75, 3.05) is 0 Å². The zero-order valence-corrected chi connectivity index (χ0v) is 11.9. The van der Waals surface area contributed by atoms with E-state index in [1.807, 2.05) is 31.2 Å². The molecule has 3 nitrogen and oxygen atoms in total. The summed E-state index contributed by atoms with van der Waals surface area (Å²) >= 11 is 5.86. The molecule has 20 heavy (non-hydrogen) atoms. The lowest BCUT2D eigenvalue weighted by Gasteiger charge is -2.16. The molecule has 1 aromatic heterocycles. The number of hydrogen-bond donors (Lipinski definition) is 1. The Hall–Kier alpha value is -2.00. The maximum atomic E-state index is 11.9. The van der Waals surface area contributed by atoms with Gasteiger partial charge >= 0.3 is 0 Å². The summed E-state index contributed by atoms with van der Waals surface area (Å²) in [6.07, 6.45) is 5.49. The zero-order chi connectivity index (χ0) is 14.4. The lowest BCUT2D eigenvalue weighted by atomic mass is 10.0. The van der Waals surface area contributed by atoms with Crippen LogP contribution in [-0.2, 0) is 4.79 Å². The Balaban J connectivity index is 1.99. The molecule has 1 unspecified atom stereocenters. The first-order valence-electron chi connectivity index (χ1n) is 6.46. The molecule has 2 aromatic rings. The van der Waals surface area contributed by atoms with E-state index in [0.29, 0.717) is 10.8 Å². The van der Waals surface area contributed by atoms with Crippen LogP contribution in [0.5, 0.6) is 0 Å². The Kier molecular flexibility index (Phi) is 5.02. The number of nitrogens with one attached hydrogen (secondary N) is 1. The maximum absolute atomic E-state index is 11.9. The SMILES string of the molecule is CCC(NC(=O)/C=C/c1ccco1)c1ccc(Cl)cc1. The second kappa shape index (κ2) is 6.96. The van der Waals surface area contributed by atoms with Crippen LogP contribution in [0.3, 0.4) is 0 Å². The predicted molar refractivity (Wildman–Crippen MR) is 80.4 cm³/mol. The third-order valence-corrected chi connectivity index (χ3v) is 3.19. The number of benzene rings is 1. The molecule has 0 aliphatic rings. The minimum absolute atomic E-state index is 0.0268. The van der Waals surface area contributed by atoms with Crippen molar-refractivity contribution in [3.05, 3.63) is 65.1 Å². The standard InChI is InChI=1S/C16H16ClNO2/c1-2-15(12-5-7-13(17)8-6-12)18-16(19)10-9-14-4-3-11-20-14/h3-11,15H,2H2,1H3,(H,18,19)/b10-9+. The molecule has 2 rings (SSSR count). The van der Waals surface area contributed by atoms with Crippen molar-refractivity contribution >= 4 is 23.6 Å². The lowest BCUT2D eigenvalue weighted by molar-refractivity contribution is -0.117. The minimum Gasteiger partial charge on any atom is -0.465 e. The molecule has 1 amide bonds. The van der Waals surface area contributed by atoms with Crippen molar-refractivity contribution in [2.45, 2.75) is 19.4 Å². The molecule has 0 aliphatic heterocycles. The normalized spacial score (nSPS) is 12.5. The van der Waals surface area contributed by atoms with Gasteiger partial charge in [-0.2, -0.15) is 0 Å². The van der Waals surface area contributed by atoms with Crippen LogP contribution in [0, 0.1) is 0 Å². The smallest absolute Gasteiger partial charge is 0.244 e. The first kappa shape index (κ1) is 14.4. The summed E-state index contributed by atoms with van der Waals surface area (Å²) in [5.74, 6) is 0.503. The van der Waals surface area contributed by atoms with Crippen molar-refractivity contribution in [1.82, 2.24) is 5.32 Å². The molecule has 0 aliphatic carbocycles. The molecule has 0 bridgehead atoms. The van der Waals surface area contributed by atoms with E-state index in [4.69, 9.17) is 16.0 Å². The van der Waals surface area contributed by atoms with Gasteiger partial charge in [-0.1, -0.05) is 30.7 Å². The van der Waals surface area contributed by atoms with Crippen LogP contribution >= 0.6 is 11.6 Å². The Morgan fingerprint density at radius 1 is 1.35 bits per heavy atom. The Labute approximate surface area is 123 Å². The largest absolute Gasteiger partial charge is 0.465 e. The third-order valence-electron chi connectivity index (χ3n) is 2.94. The van der Waals surface area contributed by atoms with Crippen LogP contribution in [0.15, 0.2) is 53.2 Å². The van der Waals surface area contributed by atoms with Crippen LogP contribution in [0.25, 0.3) is 6.08 Å². The molecule has 0 fully saturated rings. The van der Waals surface area contributed by atoms with E-state index in [2.05, 4.69) is 5.32 Å². The van der Waals surface area contributed by atoms with Gasteiger partial charge in [-0.15, -0.1) is 0 Å². The quantitative estimate of drug-likeness (QED) is 0.838. The Bertz CT molecular complexity index is 573. The van der Waals surface area contributed by atoms with Crippen molar-refractivity contribution in [1.29, 1.82) is 0 Å². The molecule has 1 N–H and O–H groups in total. The fourth-order valence-corrected chi connectivity index (χ4v) is 2.01. The van der Waals surface area contributed by atoms with Gasteiger partial charge in [-0.25, -0.2) is 0 Å².